The summed E-state index contributed by atoms with van der Waals surface area (Å²) in [5, 5.41) is 3.31. The first-order valence-corrected chi connectivity index (χ1v) is 14.8. The first-order chi connectivity index (χ1) is 16.8. The van der Waals surface area contributed by atoms with Crippen LogP contribution in [-0.4, -0.2) is 50.2 Å². The van der Waals surface area contributed by atoms with Gasteiger partial charge in [-0.3, -0.25) is 9.59 Å². The second-order valence-corrected chi connectivity index (χ2v) is 13.7. The lowest BCUT2D eigenvalue weighted by Gasteiger charge is -2.27. The number of hydrogen-bond donors (Lipinski definition) is 3. The maximum atomic E-state index is 13.3. The number of anilines is 1. The molecule has 2 aromatic rings. The van der Waals surface area contributed by atoms with Crippen LogP contribution in [0, 0.1) is 11.8 Å². The van der Waals surface area contributed by atoms with E-state index in [-0.39, 0.29) is 16.7 Å². The summed E-state index contributed by atoms with van der Waals surface area (Å²) < 4.78 is 28.0. The van der Waals surface area contributed by atoms with Gasteiger partial charge in [-0.1, -0.05) is 27.7 Å². The van der Waals surface area contributed by atoms with Gasteiger partial charge in [0, 0.05) is 25.1 Å². The fourth-order valence-corrected chi connectivity index (χ4v) is 7.60. The zero-order chi connectivity index (χ0) is 26.8. The standard InChI is InChI=1S/C26H38N4O4S2/c1-16(2)13-30(14-17(3)4)36(33,34)20-9-7-19(8-10-20)25(32)28-26-23(24(27)31)21-11-12-29(18(5)6)15-22(21)35-26/h7-10,16-18H,11-15H2,1-6H3,(H2,27,31)(H,28,32)/p+1. The first-order valence-electron chi connectivity index (χ1n) is 12.5. The molecular weight excluding hydrogens is 496 g/mol. The van der Waals surface area contributed by atoms with E-state index >= 15 is 0 Å². The fraction of sp³-hybridized carbons (Fsp3) is 0.538. The Balaban J connectivity index is 1.83. The highest BCUT2D eigenvalue weighted by Crippen LogP contribution is 2.35. The van der Waals surface area contributed by atoms with E-state index in [4.69, 9.17) is 5.73 Å². The third-order valence-corrected chi connectivity index (χ3v) is 9.35. The van der Waals surface area contributed by atoms with Gasteiger partial charge in [0.25, 0.3) is 11.8 Å². The molecule has 0 saturated heterocycles. The van der Waals surface area contributed by atoms with Crippen LogP contribution in [-0.2, 0) is 23.0 Å². The summed E-state index contributed by atoms with van der Waals surface area (Å²) in [7, 11) is -3.68. The van der Waals surface area contributed by atoms with Crippen molar-refractivity contribution in [3.8, 4) is 0 Å². The van der Waals surface area contributed by atoms with Crippen LogP contribution in [0.5, 0.6) is 0 Å². The van der Waals surface area contributed by atoms with Crippen LogP contribution in [0.2, 0.25) is 0 Å². The van der Waals surface area contributed by atoms with E-state index in [1.54, 1.807) is 0 Å². The average molecular weight is 536 g/mol. The number of nitrogens with zero attached hydrogens (tertiary/aromatic N) is 1. The molecule has 1 aromatic carbocycles. The number of nitrogens with one attached hydrogen (secondary N) is 2. The predicted molar refractivity (Wildman–Crippen MR) is 144 cm³/mol. The normalized spacial score (nSPS) is 16.1. The molecule has 1 aromatic heterocycles. The van der Waals surface area contributed by atoms with Crippen LogP contribution in [0.1, 0.15) is 72.7 Å². The Bertz CT molecular complexity index is 1190. The molecule has 0 bridgehead atoms. The molecule has 1 aliphatic rings. The molecule has 36 heavy (non-hydrogen) atoms. The smallest absolute Gasteiger partial charge is 0.256 e. The number of carbonyl (C=O) groups is 2. The van der Waals surface area contributed by atoms with Gasteiger partial charge in [0.15, 0.2) is 0 Å². The first kappa shape index (κ1) is 28.3. The molecule has 1 unspecified atom stereocenters. The van der Waals surface area contributed by atoms with Gasteiger partial charge in [0.05, 0.1) is 27.9 Å². The average Bonchev–Trinajstić information content (AvgIpc) is 3.15. The second-order valence-electron chi connectivity index (χ2n) is 10.7. The van der Waals surface area contributed by atoms with Gasteiger partial charge in [-0.15, -0.1) is 11.3 Å². The zero-order valence-corrected chi connectivity index (χ0v) is 23.7. The number of rotatable bonds is 10. The Morgan fingerprint density at radius 1 is 1.06 bits per heavy atom. The number of thiophene rings is 1. The number of benzene rings is 1. The van der Waals surface area contributed by atoms with E-state index in [0.29, 0.717) is 35.3 Å². The van der Waals surface area contributed by atoms with Gasteiger partial charge in [0.1, 0.15) is 11.5 Å². The molecule has 10 heteroatoms. The fourth-order valence-electron chi connectivity index (χ4n) is 4.53. The van der Waals surface area contributed by atoms with Crippen LogP contribution in [0.4, 0.5) is 5.00 Å². The number of quaternary nitrogens is 1. The predicted octanol–water partition coefficient (Wildman–Crippen LogP) is 2.75. The number of primary amides is 1. The molecule has 0 fully saturated rings. The number of fused-ring (bicyclic) bond motifs is 1. The molecule has 198 valence electrons. The minimum Gasteiger partial charge on any atom is -0.365 e. The molecule has 0 spiro atoms. The van der Waals surface area contributed by atoms with Gasteiger partial charge in [0.2, 0.25) is 10.0 Å². The van der Waals surface area contributed by atoms with Crippen LogP contribution in [0.3, 0.4) is 0 Å². The summed E-state index contributed by atoms with van der Waals surface area (Å²) in [4.78, 5) is 28.0. The van der Waals surface area contributed by atoms with Crippen molar-refractivity contribution in [1.82, 2.24) is 4.31 Å². The number of hydrogen-bond acceptors (Lipinski definition) is 5. The summed E-state index contributed by atoms with van der Waals surface area (Å²) in [5.41, 5.74) is 7.33. The molecule has 1 atom stereocenters. The number of nitrogens with two attached hydrogens (primary N) is 1. The van der Waals surface area contributed by atoms with Crippen molar-refractivity contribution < 1.29 is 22.9 Å². The number of amides is 2. The molecule has 2 heterocycles. The van der Waals surface area contributed by atoms with E-state index in [2.05, 4.69) is 19.2 Å². The minimum absolute atomic E-state index is 0.154. The zero-order valence-electron chi connectivity index (χ0n) is 22.1. The molecule has 2 amide bonds. The maximum Gasteiger partial charge on any atom is 0.256 e. The molecule has 0 radical (unpaired) electrons. The van der Waals surface area contributed by atoms with E-state index in [0.717, 1.165) is 30.0 Å². The lowest BCUT2D eigenvalue weighted by molar-refractivity contribution is -0.936. The summed E-state index contributed by atoms with van der Waals surface area (Å²) >= 11 is 1.40. The van der Waals surface area contributed by atoms with Crippen LogP contribution in [0.25, 0.3) is 0 Å². The molecule has 0 saturated carbocycles. The number of carbonyl (C=O) groups excluding carboxylic acids is 2. The lowest BCUT2D eigenvalue weighted by Crippen LogP contribution is -3.14. The maximum absolute atomic E-state index is 13.3. The summed E-state index contributed by atoms with van der Waals surface area (Å²) in [6, 6.07) is 6.41. The van der Waals surface area contributed by atoms with Crippen LogP contribution >= 0.6 is 11.3 Å². The Hall–Kier alpha value is -2.27. The van der Waals surface area contributed by atoms with Gasteiger partial charge in [-0.05, 0) is 55.5 Å². The third-order valence-electron chi connectivity index (χ3n) is 6.36. The second kappa shape index (κ2) is 11.4. The van der Waals surface area contributed by atoms with Crippen molar-refractivity contribution in [3.63, 3.8) is 0 Å². The number of sulfonamides is 1. The molecule has 3 rings (SSSR count). The van der Waals surface area contributed by atoms with Gasteiger partial charge in [-0.2, -0.15) is 4.31 Å². The molecule has 0 aliphatic carbocycles. The van der Waals surface area contributed by atoms with Crippen LogP contribution in [0.15, 0.2) is 29.2 Å². The Labute approximate surface area is 218 Å². The van der Waals surface area contributed by atoms with Crippen molar-refractivity contribution in [2.24, 2.45) is 17.6 Å². The highest BCUT2D eigenvalue weighted by atomic mass is 32.2. The van der Waals surface area contributed by atoms with Crippen molar-refractivity contribution in [2.45, 2.75) is 65.4 Å². The van der Waals surface area contributed by atoms with Crippen molar-refractivity contribution in [1.29, 1.82) is 0 Å². The van der Waals surface area contributed by atoms with Crippen LogP contribution < -0.4 is 16.0 Å². The molecule has 4 N–H and O–H groups in total. The molecule has 1 aliphatic heterocycles. The van der Waals surface area contributed by atoms with E-state index < -0.39 is 21.8 Å². The minimum atomic E-state index is -3.68. The van der Waals surface area contributed by atoms with Gasteiger partial charge < -0.3 is 16.0 Å². The highest BCUT2D eigenvalue weighted by molar-refractivity contribution is 7.89. The monoisotopic (exact) mass is 535 g/mol. The molecular formula is C26H39N4O4S2+. The third kappa shape index (κ3) is 6.34. The summed E-state index contributed by atoms with van der Waals surface area (Å²) in [5.74, 6) is -0.579. The summed E-state index contributed by atoms with van der Waals surface area (Å²) in [6.07, 6.45) is 0.739. The summed E-state index contributed by atoms with van der Waals surface area (Å²) in [6.45, 7) is 14.8. The van der Waals surface area contributed by atoms with Crippen molar-refractivity contribution in [3.05, 3.63) is 45.8 Å². The Morgan fingerprint density at radius 3 is 2.14 bits per heavy atom. The SMILES string of the molecule is CC(C)CN(CC(C)C)S(=O)(=O)c1ccc(C(=O)Nc2sc3c(c2C(N)=O)CC[NH+](C(C)C)C3)cc1. The lowest BCUT2D eigenvalue weighted by atomic mass is 10.0. The van der Waals surface area contributed by atoms with Gasteiger partial charge in [-0.25, -0.2) is 8.42 Å². The highest BCUT2D eigenvalue weighted by Gasteiger charge is 2.31. The quantitative estimate of drug-likeness (QED) is 0.434. The Kier molecular flexibility index (Phi) is 8.97. The topological polar surface area (TPSA) is 114 Å². The largest absolute Gasteiger partial charge is 0.365 e. The van der Waals surface area contributed by atoms with E-state index in [1.165, 1.54) is 44.8 Å². The van der Waals surface area contributed by atoms with E-state index in [9.17, 15) is 18.0 Å². The van der Waals surface area contributed by atoms with Gasteiger partial charge >= 0.3 is 0 Å². The molecule has 8 nitrogen and oxygen atoms in total. The Morgan fingerprint density at radius 2 is 1.64 bits per heavy atom. The van der Waals surface area contributed by atoms with E-state index in [1.807, 2.05) is 27.7 Å². The van der Waals surface area contributed by atoms with Crippen molar-refractivity contribution >= 4 is 38.2 Å². The van der Waals surface area contributed by atoms with Crippen molar-refractivity contribution in [2.75, 3.05) is 25.0 Å².